The van der Waals surface area contributed by atoms with Crippen LogP contribution < -0.4 is 10.1 Å². The molecule has 0 radical (unpaired) electrons. The molecule has 1 atom stereocenters. The lowest BCUT2D eigenvalue weighted by Crippen LogP contribution is -2.52. The first kappa shape index (κ1) is 22.4. The Bertz CT molecular complexity index is 796. The maximum atomic E-state index is 13.2. The molecule has 0 bridgehead atoms. The number of likely N-dealkylation sites (tertiary alicyclic amines) is 1. The number of carbonyl (C=O) groups is 2. The average Bonchev–Trinajstić information content (AvgIpc) is 2.80. The first-order chi connectivity index (χ1) is 15.1. The van der Waals surface area contributed by atoms with Gasteiger partial charge < -0.3 is 19.7 Å². The number of benzene rings is 1. The van der Waals surface area contributed by atoms with E-state index in [1.807, 2.05) is 0 Å². The number of halogens is 1. The van der Waals surface area contributed by atoms with E-state index in [4.69, 9.17) is 21.1 Å². The number of piperidine rings is 1. The van der Waals surface area contributed by atoms with E-state index in [-0.39, 0.29) is 23.1 Å². The van der Waals surface area contributed by atoms with Crippen LogP contribution in [0, 0.1) is 11.3 Å². The molecule has 0 aliphatic carbocycles. The number of nitrogens with one attached hydrogen (secondary N) is 1. The predicted octanol–water partition coefficient (Wildman–Crippen LogP) is 4.06. The van der Waals surface area contributed by atoms with Crippen LogP contribution in [0.1, 0.15) is 61.7 Å². The number of hydrogen-bond donors (Lipinski definition) is 1. The van der Waals surface area contributed by atoms with Crippen LogP contribution in [0.5, 0.6) is 5.75 Å². The quantitative estimate of drug-likeness (QED) is 0.703. The fourth-order valence-corrected chi connectivity index (χ4v) is 5.34. The van der Waals surface area contributed by atoms with Gasteiger partial charge in [0.1, 0.15) is 5.75 Å². The summed E-state index contributed by atoms with van der Waals surface area (Å²) in [5, 5.41) is 3.67. The van der Waals surface area contributed by atoms with E-state index in [2.05, 4.69) is 10.2 Å². The number of fused-ring (bicyclic) bond motifs is 1. The third kappa shape index (κ3) is 5.53. The monoisotopic (exact) mass is 448 g/mol. The zero-order valence-electron chi connectivity index (χ0n) is 18.2. The van der Waals surface area contributed by atoms with Gasteiger partial charge in [0.15, 0.2) is 0 Å². The van der Waals surface area contributed by atoms with E-state index < -0.39 is 0 Å². The Labute approximate surface area is 189 Å². The molecular formula is C24H33ClN2O4. The Morgan fingerprint density at radius 3 is 2.74 bits per heavy atom. The molecule has 1 aromatic carbocycles. The van der Waals surface area contributed by atoms with E-state index in [1.54, 1.807) is 18.2 Å². The highest BCUT2D eigenvalue weighted by Gasteiger charge is 2.39. The molecule has 7 heteroatoms. The number of amides is 2. The molecule has 0 saturated carbocycles. The lowest BCUT2D eigenvalue weighted by atomic mass is 9.75. The summed E-state index contributed by atoms with van der Waals surface area (Å²) in [5.74, 6) is 0.767. The summed E-state index contributed by atoms with van der Waals surface area (Å²) in [5.41, 5.74) is 0.405. The fraction of sp³-hybridized carbons (Fsp3) is 0.667. The number of ether oxygens (including phenoxy) is 2. The second kappa shape index (κ2) is 10.2. The fourth-order valence-electron chi connectivity index (χ4n) is 5.16. The average molecular weight is 449 g/mol. The van der Waals surface area contributed by atoms with Gasteiger partial charge in [-0.1, -0.05) is 24.4 Å². The summed E-state index contributed by atoms with van der Waals surface area (Å²) >= 11 is 6.15. The Morgan fingerprint density at radius 2 is 1.90 bits per heavy atom. The van der Waals surface area contributed by atoms with Gasteiger partial charge >= 0.3 is 0 Å². The molecule has 2 fully saturated rings. The minimum Gasteiger partial charge on any atom is -0.493 e. The standard InChI is InChI=1S/C24H33ClN2O4/c25-19-5-6-21-20(15-19)22(28)26-16-24(9-2-1-3-12-31-21)10-4-11-27(17-24)23(29)18-7-13-30-14-8-18/h5-6,15,18H,1-4,7-14,16-17H2,(H,26,28). The molecule has 170 valence electrons. The van der Waals surface area contributed by atoms with E-state index >= 15 is 0 Å². The largest absolute Gasteiger partial charge is 0.493 e. The van der Waals surface area contributed by atoms with Crippen molar-refractivity contribution < 1.29 is 19.1 Å². The molecule has 1 unspecified atom stereocenters. The van der Waals surface area contributed by atoms with Crippen molar-refractivity contribution in [3.05, 3.63) is 28.8 Å². The number of rotatable bonds is 1. The lowest BCUT2D eigenvalue weighted by molar-refractivity contribution is -0.142. The van der Waals surface area contributed by atoms with Gasteiger partial charge in [0.25, 0.3) is 5.91 Å². The summed E-state index contributed by atoms with van der Waals surface area (Å²) < 4.78 is 11.3. The molecule has 3 aliphatic rings. The summed E-state index contributed by atoms with van der Waals surface area (Å²) in [7, 11) is 0. The normalized spacial score (nSPS) is 26.2. The van der Waals surface area contributed by atoms with E-state index in [1.165, 1.54) is 0 Å². The van der Waals surface area contributed by atoms with Crippen LogP contribution in [-0.4, -0.2) is 56.2 Å². The van der Waals surface area contributed by atoms with Gasteiger partial charge in [0.05, 0.1) is 12.2 Å². The van der Waals surface area contributed by atoms with Crippen LogP contribution in [0.15, 0.2) is 18.2 Å². The predicted molar refractivity (Wildman–Crippen MR) is 120 cm³/mol. The first-order valence-electron chi connectivity index (χ1n) is 11.6. The van der Waals surface area contributed by atoms with Gasteiger partial charge in [0, 0.05) is 49.2 Å². The maximum Gasteiger partial charge on any atom is 0.255 e. The molecular weight excluding hydrogens is 416 g/mol. The molecule has 3 heterocycles. The van der Waals surface area contributed by atoms with E-state index in [0.717, 1.165) is 64.5 Å². The highest BCUT2D eigenvalue weighted by Crippen LogP contribution is 2.36. The third-order valence-electron chi connectivity index (χ3n) is 6.96. The van der Waals surface area contributed by atoms with Crippen LogP contribution in [0.2, 0.25) is 5.02 Å². The number of carbonyl (C=O) groups excluding carboxylic acids is 2. The van der Waals surface area contributed by atoms with Crippen molar-refractivity contribution in [3.8, 4) is 5.75 Å². The van der Waals surface area contributed by atoms with Crippen LogP contribution in [0.4, 0.5) is 0 Å². The van der Waals surface area contributed by atoms with Gasteiger partial charge in [-0.05, 0) is 56.7 Å². The van der Waals surface area contributed by atoms with Crippen molar-refractivity contribution in [1.29, 1.82) is 0 Å². The summed E-state index contributed by atoms with van der Waals surface area (Å²) in [6.07, 6.45) is 7.75. The molecule has 2 saturated heterocycles. The molecule has 4 rings (SSSR count). The smallest absolute Gasteiger partial charge is 0.255 e. The van der Waals surface area contributed by atoms with E-state index in [9.17, 15) is 9.59 Å². The Hall–Kier alpha value is -1.79. The van der Waals surface area contributed by atoms with Crippen LogP contribution in [0.25, 0.3) is 0 Å². The van der Waals surface area contributed by atoms with Crippen molar-refractivity contribution in [2.45, 2.75) is 51.4 Å². The van der Waals surface area contributed by atoms with Gasteiger partial charge in [0.2, 0.25) is 5.91 Å². The zero-order valence-corrected chi connectivity index (χ0v) is 18.9. The topological polar surface area (TPSA) is 67.9 Å². The lowest BCUT2D eigenvalue weighted by Gasteiger charge is -2.44. The van der Waals surface area contributed by atoms with Gasteiger partial charge in [-0.3, -0.25) is 9.59 Å². The maximum absolute atomic E-state index is 13.2. The second-order valence-electron chi connectivity index (χ2n) is 9.23. The molecule has 2 amide bonds. The molecule has 1 spiro atoms. The molecule has 0 aromatic heterocycles. The summed E-state index contributed by atoms with van der Waals surface area (Å²) in [4.78, 5) is 28.3. The van der Waals surface area contributed by atoms with Crippen LogP contribution in [0.3, 0.4) is 0 Å². The Morgan fingerprint density at radius 1 is 1.10 bits per heavy atom. The van der Waals surface area contributed by atoms with Crippen molar-refractivity contribution in [1.82, 2.24) is 10.2 Å². The molecule has 6 nitrogen and oxygen atoms in total. The van der Waals surface area contributed by atoms with Crippen molar-refractivity contribution in [2.75, 3.05) is 39.5 Å². The SMILES string of the molecule is O=C1NCC2(CCCCCOc3ccc(Cl)cc31)CCCN(C(=O)C1CCOCC1)C2. The highest BCUT2D eigenvalue weighted by atomic mass is 35.5. The third-order valence-corrected chi connectivity index (χ3v) is 7.20. The van der Waals surface area contributed by atoms with Gasteiger partial charge in [-0.25, -0.2) is 0 Å². The van der Waals surface area contributed by atoms with Crippen LogP contribution >= 0.6 is 11.6 Å². The van der Waals surface area contributed by atoms with Crippen molar-refractivity contribution >= 4 is 23.4 Å². The van der Waals surface area contributed by atoms with Gasteiger partial charge in [-0.15, -0.1) is 0 Å². The minimum atomic E-state index is -0.162. The molecule has 3 aliphatic heterocycles. The molecule has 31 heavy (non-hydrogen) atoms. The minimum absolute atomic E-state index is 0.0759. The molecule has 1 N–H and O–H groups in total. The molecule has 1 aromatic rings. The number of hydrogen-bond acceptors (Lipinski definition) is 4. The van der Waals surface area contributed by atoms with Gasteiger partial charge in [-0.2, -0.15) is 0 Å². The Kier molecular flexibility index (Phi) is 7.39. The van der Waals surface area contributed by atoms with Crippen molar-refractivity contribution in [3.63, 3.8) is 0 Å². The summed E-state index contributed by atoms with van der Waals surface area (Å²) in [6.45, 7) is 4.05. The second-order valence-corrected chi connectivity index (χ2v) is 9.67. The Balaban J connectivity index is 1.50. The number of nitrogens with zero attached hydrogens (tertiary/aromatic N) is 1. The zero-order chi connectivity index (χ0) is 21.7. The highest BCUT2D eigenvalue weighted by molar-refractivity contribution is 6.31. The van der Waals surface area contributed by atoms with E-state index in [0.29, 0.717) is 42.7 Å². The first-order valence-corrected chi connectivity index (χ1v) is 12.0. The van der Waals surface area contributed by atoms with Crippen molar-refractivity contribution in [2.24, 2.45) is 11.3 Å². The van der Waals surface area contributed by atoms with Crippen LogP contribution in [-0.2, 0) is 9.53 Å². The summed E-state index contributed by atoms with van der Waals surface area (Å²) in [6, 6.07) is 5.20.